The van der Waals surface area contributed by atoms with Gasteiger partial charge in [-0.3, -0.25) is 9.58 Å². The molecular weight excluding hydrogens is 448 g/mol. The van der Waals surface area contributed by atoms with Crippen molar-refractivity contribution in [3.8, 4) is 0 Å². The Hall–Kier alpha value is -2.07. The van der Waals surface area contributed by atoms with Crippen LogP contribution in [0.1, 0.15) is 55.1 Å². The minimum atomic E-state index is 0.349. The molecule has 0 amide bonds. The van der Waals surface area contributed by atoms with Crippen LogP contribution in [0, 0.1) is 6.92 Å². The summed E-state index contributed by atoms with van der Waals surface area (Å²) in [6.07, 6.45) is 10.7. The summed E-state index contributed by atoms with van der Waals surface area (Å²) >= 11 is 1.71. The van der Waals surface area contributed by atoms with E-state index in [1.165, 1.54) is 36.6 Å². The second-order valence-corrected chi connectivity index (χ2v) is 10.8. The number of anilines is 1. The smallest absolute Gasteiger partial charge is 0.139 e. The maximum absolute atomic E-state index is 5.54. The second kappa shape index (κ2) is 9.89. The van der Waals surface area contributed by atoms with Crippen molar-refractivity contribution in [2.45, 2.75) is 63.6 Å². The van der Waals surface area contributed by atoms with Gasteiger partial charge in [-0.1, -0.05) is 0 Å². The number of hydrogen-bond acceptors (Lipinski definition) is 8. The first-order chi connectivity index (χ1) is 16.7. The summed E-state index contributed by atoms with van der Waals surface area (Å²) in [5.41, 5.74) is 2.40. The molecule has 3 aromatic rings. The van der Waals surface area contributed by atoms with Crippen LogP contribution in [0.15, 0.2) is 17.8 Å². The highest BCUT2D eigenvalue weighted by atomic mass is 32.1. The molecule has 0 aromatic carbocycles. The fraction of sp³-hybridized carbons (Fsp3) is 0.640. The SMILES string of the molecule is Cc1csc2nc(Cc3cnn([C@@H]4CCOC4)c3)nc(NC3CCC(N4CCOCC4)CC3)c12. The molecule has 5 heterocycles. The van der Waals surface area contributed by atoms with Crippen molar-refractivity contribution in [3.63, 3.8) is 0 Å². The molecule has 0 radical (unpaired) electrons. The van der Waals surface area contributed by atoms with E-state index in [9.17, 15) is 0 Å². The van der Waals surface area contributed by atoms with Crippen LogP contribution in [0.25, 0.3) is 10.2 Å². The molecule has 3 aromatic heterocycles. The topological polar surface area (TPSA) is 77.3 Å². The highest BCUT2D eigenvalue weighted by Gasteiger charge is 2.28. The van der Waals surface area contributed by atoms with Crippen LogP contribution in [0.4, 0.5) is 5.82 Å². The van der Waals surface area contributed by atoms with E-state index in [-0.39, 0.29) is 0 Å². The normalized spacial score (nSPS) is 26.3. The third kappa shape index (κ3) is 4.71. The van der Waals surface area contributed by atoms with Crippen LogP contribution in [0.2, 0.25) is 0 Å². The molecule has 0 spiro atoms. The van der Waals surface area contributed by atoms with Crippen LogP contribution in [0.5, 0.6) is 0 Å². The van der Waals surface area contributed by atoms with Crippen molar-refractivity contribution >= 4 is 27.4 Å². The summed E-state index contributed by atoms with van der Waals surface area (Å²) < 4.78 is 13.1. The van der Waals surface area contributed by atoms with Gasteiger partial charge in [0.1, 0.15) is 16.5 Å². The number of ether oxygens (including phenoxy) is 2. The van der Waals surface area contributed by atoms with E-state index in [4.69, 9.17) is 19.4 Å². The summed E-state index contributed by atoms with van der Waals surface area (Å²) in [5.74, 6) is 1.87. The molecule has 1 saturated carbocycles. The zero-order valence-corrected chi connectivity index (χ0v) is 20.7. The van der Waals surface area contributed by atoms with Crippen molar-refractivity contribution in [2.75, 3.05) is 44.8 Å². The minimum Gasteiger partial charge on any atom is -0.379 e. The Kier molecular flexibility index (Phi) is 6.51. The number of nitrogens with one attached hydrogen (secondary N) is 1. The van der Waals surface area contributed by atoms with Crippen LogP contribution in [-0.2, 0) is 15.9 Å². The van der Waals surface area contributed by atoms with E-state index < -0.39 is 0 Å². The Bertz CT molecular complexity index is 1110. The molecule has 0 unspecified atom stereocenters. The Morgan fingerprint density at radius 1 is 1.03 bits per heavy atom. The van der Waals surface area contributed by atoms with Gasteiger partial charge >= 0.3 is 0 Å². The molecular formula is C25H34N6O2S. The van der Waals surface area contributed by atoms with E-state index in [0.29, 0.717) is 24.5 Å². The van der Waals surface area contributed by atoms with E-state index in [0.717, 1.165) is 68.0 Å². The van der Waals surface area contributed by atoms with Crippen LogP contribution >= 0.6 is 11.3 Å². The molecule has 9 heteroatoms. The Balaban J connectivity index is 1.16. The van der Waals surface area contributed by atoms with Gasteiger partial charge in [-0.2, -0.15) is 5.10 Å². The summed E-state index contributed by atoms with van der Waals surface area (Å²) in [5, 5.41) is 11.8. The first-order valence-electron chi connectivity index (χ1n) is 12.7. The van der Waals surface area contributed by atoms with Crippen LogP contribution in [-0.4, -0.2) is 76.2 Å². The quantitative estimate of drug-likeness (QED) is 0.573. The molecule has 6 rings (SSSR count). The molecule has 182 valence electrons. The van der Waals surface area contributed by atoms with Crippen LogP contribution < -0.4 is 5.32 Å². The van der Waals surface area contributed by atoms with E-state index in [1.54, 1.807) is 11.3 Å². The number of rotatable bonds is 6. The molecule has 2 aliphatic heterocycles. The lowest BCUT2D eigenvalue weighted by molar-refractivity contribution is 0.00791. The lowest BCUT2D eigenvalue weighted by Crippen LogP contribution is -2.46. The van der Waals surface area contributed by atoms with Crippen molar-refractivity contribution in [2.24, 2.45) is 0 Å². The minimum absolute atomic E-state index is 0.349. The predicted molar refractivity (Wildman–Crippen MR) is 134 cm³/mol. The van der Waals surface area contributed by atoms with Gasteiger partial charge in [-0.15, -0.1) is 11.3 Å². The molecule has 8 nitrogen and oxygen atoms in total. The van der Waals surface area contributed by atoms with Gasteiger partial charge in [0.25, 0.3) is 0 Å². The summed E-state index contributed by atoms with van der Waals surface area (Å²) in [4.78, 5) is 13.6. The summed E-state index contributed by atoms with van der Waals surface area (Å²) in [7, 11) is 0. The zero-order chi connectivity index (χ0) is 22.9. The maximum Gasteiger partial charge on any atom is 0.139 e. The number of fused-ring (bicyclic) bond motifs is 1. The number of nitrogens with zero attached hydrogens (tertiary/aromatic N) is 5. The predicted octanol–water partition coefficient (Wildman–Crippen LogP) is 3.80. The van der Waals surface area contributed by atoms with E-state index >= 15 is 0 Å². The fourth-order valence-corrected chi connectivity index (χ4v) is 6.55. The number of thiophene rings is 1. The van der Waals surface area contributed by atoms with Gasteiger partial charge in [-0.25, -0.2) is 9.97 Å². The molecule has 1 aliphatic carbocycles. The van der Waals surface area contributed by atoms with Crippen molar-refractivity contribution < 1.29 is 9.47 Å². The molecule has 0 bridgehead atoms. The van der Waals surface area contributed by atoms with Gasteiger partial charge in [0, 0.05) is 44.4 Å². The number of hydrogen-bond donors (Lipinski definition) is 1. The van der Waals surface area contributed by atoms with Crippen molar-refractivity contribution in [1.29, 1.82) is 0 Å². The highest BCUT2D eigenvalue weighted by molar-refractivity contribution is 7.17. The molecule has 3 aliphatic rings. The fourth-order valence-electron chi connectivity index (χ4n) is 5.61. The highest BCUT2D eigenvalue weighted by Crippen LogP contribution is 2.33. The van der Waals surface area contributed by atoms with Gasteiger partial charge in [0.05, 0.1) is 37.4 Å². The van der Waals surface area contributed by atoms with Gasteiger partial charge in [-0.05, 0) is 55.5 Å². The van der Waals surface area contributed by atoms with Crippen molar-refractivity contribution in [1.82, 2.24) is 24.6 Å². The lowest BCUT2D eigenvalue weighted by atomic mass is 9.90. The van der Waals surface area contributed by atoms with Gasteiger partial charge < -0.3 is 14.8 Å². The monoisotopic (exact) mass is 482 g/mol. The third-order valence-electron chi connectivity index (χ3n) is 7.56. The second-order valence-electron chi connectivity index (χ2n) is 9.91. The average molecular weight is 483 g/mol. The molecule has 1 N–H and O–H groups in total. The molecule has 34 heavy (non-hydrogen) atoms. The Labute approximate surface area is 204 Å². The van der Waals surface area contributed by atoms with Gasteiger partial charge in [0.2, 0.25) is 0 Å². The molecule has 3 fully saturated rings. The lowest BCUT2D eigenvalue weighted by Gasteiger charge is -2.39. The number of aromatic nitrogens is 4. The summed E-state index contributed by atoms with van der Waals surface area (Å²) in [6, 6.07) is 1.52. The molecule has 1 atom stereocenters. The van der Waals surface area contributed by atoms with Crippen molar-refractivity contribution in [3.05, 3.63) is 34.7 Å². The number of morpholine rings is 1. The van der Waals surface area contributed by atoms with E-state index in [1.807, 2.05) is 10.9 Å². The van der Waals surface area contributed by atoms with Crippen LogP contribution in [0.3, 0.4) is 0 Å². The number of aryl methyl sites for hydroxylation is 1. The standard InChI is InChI=1S/C25H34N6O2S/c1-17-16-34-25-23(17)24(27-19-2-4-20(5-3-19)30-7-10-32-11-8-30)28-22(29-25)12-18-13-26-31(14-18)21-6-9-33-15-21/h13-14,16,19-21H,2-12,15H2,1H3,(H,27,28,29)/t19?,20?,21-/m1/s1. The largest absolute Gasteiger partial charge is 0.379 e. The first kappa shape index (κ1) is 22.4. The summed E-state index contributed by atoms with van der Waals surface area (Å²) in [6.45, 7) is 7.65. The third-order valence-corrected chi connectivity index (χ3v) is 8.55. The van der Waals surface area contributed by atoms with E-state index in [2.05, 4.69) is 33.8 Å². The first-order valence-corrected chi connectivity index (χ1v) is 13.5. The van der Waals surface area contributed by atoms with Gasteiger partial charge in [0.15, 0.2) is 0 Å². The average Bonchev–Trinajstić information content (AvgIpc) is 3.62. The molecule has 2 saturated heterocycles. The Morgan fingerprint density at radius 2 is 1.88 bits per heavy atom. The Morgan fingerprint density at radius 3 is 2.68 bits per heavy atom. The maximum atomic E-state index is 5.54. The zero-order valence-electron chi connectivity index (χ0n) is 19.9.